The first-order valence-corrected chi connectivity index (χ1v) is 6.08. The second-order valence-corrected chi connectivity index (χ2v) is 4.03. The maximum absolute atomic E-state index is 12.8. The maximum Gasteiger partial charge on any atom is 0.311 e. The highest BCUT2D eigenvalue weighted by Crippen LogP contribution is 2.28. The zero-order chi connectivity index (χ0) is 13.7. The molecular weight excluding hydrogens is 287 g/mol. The lowest BCUT2D eigenvalue weighted by Gasteiger charge is -2.12. The number of aromatic nitrogens is 1. The summed E-state index contributed by atoms with van der Waals surface area (Å²) in [7, 11) is 0. The van der Waals surface area contributed by atoms with Gasteiger partial charge in [0, 0.05) is 11.4 Å². The molecule has 0 amide bonds. The van der Waals surface area contributed by atoms with Crippen LogP contribution in [0, 0.1) is 0 Å². The summed E-state index contributed by atoms with van der Waals surface area (Å²) in [6, 6.07) is 1.05. The largest absolute Gasteiger partial charge is 0.466 e. The molecule has 0 radical (unpaired) electrons. The highest BCUT2D eigenvalue weighted by atomic mass is 35.5. The molecule has 7 heteroatoms. The van der Waals surface area contributed by atoms with E-state index >= 15 is 0 Å². The molecule has 1 aromatic rings. The van der Waals surface area contributed by atoms with Crippen molar-refractivity contribution in [3.05, 3.63) is 28.0 Å². The van der Waals surface area contributed by atoms with E-state index < -0.39 is 12.4 Å². The molecule has 0 unspecified atom stereocenters. The molecule has 0 spiro atoms. The Morgan fingerprint density at radius 2 is 2.22 bits per heavy atom. The second-order valence-electron chi connectivity index (χ2n) is 3.38. The fraction of sp³-hybridized carbons (Fsp3) is 0.455. The predicted molar refractivity (Wildman–Crippen MR) is 64.1 cm³/mol. The van der Waals surface area contributed by atoms with Gasteiger partial charge < -0.3 is 4.74 Å². The maximum atomic E-state index is 12.8. The number of rotatable bonds is 5. The Morgan fingerprint density at radius 1 is 1.56 bits per heavy atom. The number of hydrogen-bond acceptors (Lipinski definition) is 3. The van der Waals surface area contributed by atoms with Gasteiger partial charge >= 0.3 is 5.97 Å². The van der Waals surface area contributed by atoms with Gasteiger partial charge in [0.25, 0.3) is 6.43 Å². The van der Waals surface area contributed by atoms with Crippen molar-refractivity contribution in [3.8, 4) is 0 Å². The molecule has 0 aliphatic rings. The predicted octanol–water partition coefficient (Wildman–Crippen LogP) is 3.52. The number of ether oxygens (including phenoxy) is 1. The van der Waals surface area contributed by atoms with Gasteiger partial charge in [0.05, 0.1) is 18.7 Å². The number of carbonyl (C=O) groups is 1. The Labute approximate surface area is 113 Å². The molecule has 1 rings (SSSR count). The normalized spacial score (nSPS) is 10.8. The average Bonchev–Trinajstić information content (AvgIpc) is 2.28. The average molecular weight is 298 g/mol. The van der Waals surface area contributed by atoms with Crippen LogP contribution < -0.4 is 0 Å². The van der Waals surface area contributed by atoms with Crippen LogP contribution in [0.4, 0.5) is 8.78 Å². The van der Waals surface area contributed by atoms with E-state index in [9.17, 15) is 13.6 Å². The molecule has 0 fully saturated rings. The molecule has 0 saturated heterocycles. The van der Waals surface area contributed by atoms with Crippen LogP contribution in [0.25, 0.3) is 0 Å². The minimum Gasteiger partial charge on any atom is -0.466 e. The van der Waals surface area contributed by atoms with Crippen molar-refractivity contribution in [2.75, 3.05) is 6.61 Å². The van der Waals surface area contributed by atoms with Crippen LogP contribution in [0.3, 0.4) is 0 Å². The molecule has 0 aromatic carbocycles. The molecule has 0 atom stereocenters. The third-order valence-electron chi connectivity index (χ3n) is 2.20. The van der Waals surface area contributed by atoms with Gasteiger partial charge in [0.2, 0.25) is 0 Å². The number of nitrogens with zero attached hydrogens (tertiary/aromatic N) is 1. The van der Waals surface area contributed by atoms with Crippen molar-refractivity contribution in [1.82, 2.24) is 4.98 Å². The molecule has 18 heavy (non-hydrogen) atoms. The number of pyridine rings is 1. The lowest BCUT2D eigenvalue weighted by Crippen LogP contribution is -2.12. The van der Waals surface area contributed by atoms with Crippen molar-refractivity contribution >= 4 is 29.2 Å². The van der Waals surface area contributed by atoms with Gasteiger partial charge in [0.1, 0.15) is 5.15 Å². The van der Waals surface area contributed by atoms with Crippen molar-refractivity contribution < 1.29 is 18.3 Å². The summed E-state index contributed by atoms with van der Waals surface area (Å²) in [6.45, 7) is 1.85. The molecule has 100 valence electrons. The standard InChI is InChI=1S/C11H11Cl2F2NO2/c1-2-18-10(17)4-8-7(5-12)6(11(14)15)3-9(13)16-8/h3,11H,2,4-5H2,1H3. The number of carbonyl (C=O) groups excluding carboxylic acids is 1. The van der Waals surface area contributed by atoms with E-state index in [1.807, 2.05) is 0 Å². The molecule has 3 nitrogen and oxygen atoms in total. The van der Waals surface area contributed by atoms with Gasteiger partial charge in [-0.3, -0.25) is 4.79 Å². The molecule has 1 heterocycles. The first-order valence-electron chi connectivity index (χ1n) is 5.17. The summed E-state index contributed by atoms with van der Waals surface area (Å²) in [5, 5.41) is -0.0986. The third-order valence-corrected chi connectivity index (χ3v) is 2.66. The van der Waals surface area contributed by atoms with E-state index in [-0.39, 0.29) is 40.9 Å². The van der Waals surface area contributed by atoms with Crippen molar-refractivity contribution in [1.29, 1.82) is 0 Å². The summed E-state index contributed by atoms with van der Waals surface area (Å²) in [6.07, 6.45) is -2.95. The van der Waals surface area contributed by atoms with E-state index in [0.29, 0.717) is 0 Å². The Hall–Kier alpha value is -0.940. The van der Waals surface area contributed by atoms with Crippen molar-refractivity contribution in [3.63, 3.8) is 0 Å². The molecular formula is C11H11Cl2F2NO2. The van der Waals surface area contributed by atoms with Crippen LogP contribution in [-0.2, 0) is 21.8 Å². The number of hydrogen-bond donors (Lipinski definition) is 0. The Morgan fingerprint density at radius 3 is 2.72 bits per heavy atom. The quantitative estimate of drug-likeness (QED) is 0.474. The van der Waals surface area contributed by atoms with E-state index in [2.05, 4.69) is 4.98 Å². The molecule has 1 aromatic heterocycles. The van der Waals surface area contributed by atoms with E-state index in [4.69, 9.17) is 27.9 Å². The van der Waals surface area contributed by atoms with Crippen molar-refractivity contribution in [2.45, 2.75) is 25.7 Å². The fourth-order valence-electron chi connectivity index (χ4n) is 1.45. The number of esters is 1. The minimum atomic E-state index is -2.72. The second kappa shape index (κ2) is 6.85. The van der Waals surface area contributed by atoms with Gasteiger partial charge in [-0.15, -0.1) is 11.6 Å². The Balaban J connectivity index is 3.13. The molecule has 0 N–H and O–H groups in total. The zero-order valence-electron chi connectivity index (χ0n) is 9.55. The first kappa shape index (κ1) is 15.1. The van der Waals surface area contributed by atoms with E-state index in [1.54, 1.807) is 6.92 Å². The zero-order valence-corrected chi connectivity index (χ0v) is 11.1. The summed E-state index contributed by atoms with van der Waals surface area (Å²) < 4.78 is 30.3. The fourth-order valence-corrected chi connectivity index (χ4v) is 1.98. The Bertz CT molecular complexity index is 441. The third kappa shape index (κ3) is 3.78. The lowest BCUT2D eigenvalue weighted by molar-refractivity contribution is -0.142. The molecule has 0 aliphatic heterocycles. The van der Waals surface area contributed by atoms with Crippen LogP contribution >= 0.6 is 23.2 Å². The number of alkyl halides is 3. The molecule has 0 bridgehead atoms. The smallest absolute Gasteiger partial charge is 0.311 e. The van der Waals surface area contributed by atoms with Gasteiger partial charge in [-0.2, -0.15) is 0 Å². The summed E-state index contributed by atoms with van der Waals surface area (Å²) >= 11 is 11.3. The summed E-state index contributed by atoms with van der Waals surface area (Å²) in [4.78, 5) is 15.2. The molecule has 0 aliphatic carbocycles. The topological polar surface area (TPSA) is 39.2 Å². The van der Waals surface area contributed by atoms with Crippen LogP contribution in [0.1, 0.15) is 30.2 Å². The lowest BCUT2D eigenvalue weighted by atomic mass is 10.1. The van der Waals surface area contributed by atoms with E-state index in [1.165, 1.54) is 0 Å². The highest BCUT2D eigenvalue weighted by molar-refractivity contribution is 6.29. The van der Waals surface area contributed by atoms with Gasteiger partial charge in [-0.25, -0.2) is 13.8 Å². The van der Waals surface area contributed by atoms with Gasteiger partial charge in [0.15, 0.2) is 0 Å². The van der Waals surface area contributed by atoms with Crippen LogP contribution in [-0.4, -0.2) is 17.6 Å². The van der Waals surface area contributed by atoms with Crippen LogP contribution in [0.2, 0.25) is 5.15 Å². The SMILES string of the molecule is CCOC(=O)Cc1nc(Cl)cc(C(F)F)c1CCl. The summed E-state index contributed by atoms with van der Waals surface area (Å²) in [5.74, 6) is -0.725. The van der Waals surface area contributed by atoms with Crippen LogP contribution in [0.5, 0.6) is 0 Å². The van der Waals surface area contributed by atoms with Gasteiger partial charge in [-0.1, -0.05) is 11.6 Å². The first-order chi connectivity index (χ1) is 8.49. The Kier molecular flexibility index (Phi) is 5.75. The summed E-state index contributed by atoms with van der Waals surface area (Å²) in [5.41, 5.74) is -0.0420. The number of halogens is 4. The minimum absolute atomic E-state index is 0.0986. The van der Waals surface area contributed by atoms with Gasteiger partial charge in [-0.05, 0) is 18.6 Å². The van der Waals surface area contributed by atoms with E-state index in [0.717, 1.165) is 6.07 Å². The highest BCUT2D eigenvalue weighted by Gasteiger charge is 2.20. The monoisotopic (exact) mass is 297 g/mol. The van der Waals surface area contributed by atoms with Crippen LogP contribution in [0.15, 0.2) is 6.07 Å². The van der Waals surface area contributed by atoms with Crippen molar-refractivity contribution in [2.24, 2.45) is 0 Å². The molecule has 0 saturated carbocycles.